The van der Waals surface area contributed by atoms with E-state index in [0.29, 0.717) is 0 Å². The summed E-state index contributed by atoms with van der Waals surface area (Å²) < 4.78 is 5.16. The van der Waals surface area contributed by atoms with Crippen LogP contribution in [0, 0.1) is 16.0 Å². The van der Waals surface area contributed by atoms with Crippen LogP contribution in [0.5, 0.6) is 5.75 Å². The van der Waals surface area contributed by atoms with Crippen LogP contribution in [0.2, 0.25) is 0 Å². The molecule has 0 unspecified atom stereocenters. The summed E-state index contributed by atoms with van der Waals surface area (Å²) in [5.41, 5.74) is 0.656. The maximum Gasteiger partial charge on any atom is 0.308 e. The molecule has 0 saturated carbocycles. The predicted octanol–water partition coefficient (Wildman–Crippen LogP) is 2.54. The fourth-order valence-corrected chi connectivity index (χ4v) is 3.40. The van der Waals surface area contributed by atoms with Gasteiger partial charge in [-0.25, -0.2) is 0 Å². The van der Waals surface area contributed by atoms with Crippen LogP contribution in [0.1, 0.15) is 21.8 Å². The Balaban J connectivity index is 1.93. The van der Waals surface area contributed by atoms with Crippen molar-refractivity contribution in [1.29, 1.82) is 0 Å². The number of nitro groups is 1. The predicted molar refractivity (Wildman–Crippen MR) is 95.9 cm³/mol. The highest BCUT2D eigenvalue weighted by atomic mass is 16.6. The van der Waals surface area contributed by atoms with Gasteiger partial charge in [0.15, 0.2) is 0 Å². The Morgan fingerprint density at radius 3 is 2.48 bits per heavy atom. The third kappa shape index (κ3) is 3.59. The smallest absolute Gasteiger partial charge is 0.308 e. The number of carbonyl (C=O) groups is 2. The highest BCUT2D eigenvalue weighted by molar-refractivity contribution is 5.98. The van der Waals surface area contributed by atoms with E-state index >= 15 is 0 Å². The molecular weight excluding hydrogens is 352 g/mol. The lowest BCUT2D eigenvalue weighted by Gasteiger charge is -2.18. The fourth-order valence-electron chi connectivity index (χ4n) is 3.40. The minimum Gasteiger partial charge on any atom is -0.496 e. The molecule has 2 atom stereocenters. The molecule has 1 aliphatic heterocycles. The van der Waals surface area contributed by atoms with E-state index in [0.717, 1.165) is 11.6 Å². The van der Waals surface area contributed by atoms with Gasteiger partial charge in [-0.3, -0.25) is 19.7 Å². The second-order valence-corrected chi connectivity index (χ2v) is 6.31. The number of nitrogens with zero attached hydrogens (tertiary/aromatic N) is 2. The second-order valence-electron chi connectivity index (χ2n) is 6.31. The van der Waals surface area contributed by atoms with Crippen LogP contribution in [0.25, 0.3) is 0 Å². The van der Waals surface area contributed by atoms with E-state index in [2.05, 4.69) is 0 Å². The maximum absolute atomic E-state index is 13.0. The average Bonchev–Trinajstić information content (AvgIpc) is 3.13. The van der Waals surface area contributed by atoms with Gasteiger partial charge in [0.1, 0.15) is 5.75 Å². The molecule has 8 nitrogen and oxygen atoms in total. The first kappa shape index (κ1) is 18.4. The summed E-state index contributed by atoms with van der Waals surface area (Å²) in [5, 5.41) is 20.6. The lowest BCUT2D eigenvalue weighted by molar-refractivity contribution is -0.384. The van der Waals surface area contributed by atoms with Crippen molar-refractivity contribution in [2.45, 2.75) is 5.92 Å². The SMILES string of the molecule is COc1ccc([N+](=O)[O-])cc1C(=O)N1C[C@H](C(=O)O)[C@H](c2ccccc2)C1. The summed E-state index contributed by atoms with van der Waals surface area (Å²) in [4.78, 5) is 36.5. The van der Waals surface area contributed by atoms with Crippen molar-refractivity contribution in [1.82, 2.24) is 4.90 Å². The van der Waals surface area contributed by atoms with Gasteiger partial charge >= 0.3 is 5.97 Å². The van der Waals surface area contributed by atoms with Gasteiger partial charge in [0.2, 0.25) is 0 Å². The lowest BCUT2D eigenvalue weighted by Crippen LogP contribution is -2.30. The molecule has 1 amide bonds. The van der Waals surface area contributed by atoms with Crippen LogP contribution in [0.15, 0.2) is 48.5 Å². The minimum atomic E-state index is -0.981. The molecule has 8 heteroatoms. The van der Waals surface area contributed by atoms with E-state index in [-0.39, 0.29) is 36.0 Å². The number of non-ortho nitro benzene ring substituents is 1. The van der Waals surface area contributed by atoms with Gasteiger partial charge in [0.25, 0.3) is 11.6 Å². The summed E-state index contributed by atoms with van der Waals surface area (Å²) in [6.07, 6.45) is 0. The molecule has 1 aliphatic rings. The van der Waals surface area contributed by atoms with E-state index < -0.39 is 22.7 Å². The Kier molecular flexibility index (Phi) is 5.07. The molecule has 1 fully saturated rings. The molecule has 1 saturated heterocycles. The average molecular weight is 370 g/mol. The Hall–Kier alpha value is -3.42. The monoisotopic (exact) mass is 370 g/mol. The number of amides is 1. The minimum absolute atomic E-state index is 0.0274. The summed E-state index contributed by atoms with van der Waals surface area (Å²) in [6.45, 7) is 0.241. The highest BCUT2D eigenvalue weighted by Crippen LogP contribution is 2.35. The molecule has 140 valence electrons. The number of rotatable bonds is 5. The Morgan fingerprint density at radius 1 is 1.19 bits per heavy atom. The number of hydrogen-bond acceptors (Lipinski definition) is 5. The van der Waals surface area contributed by atoms with Crippen molar-refractivity contribution >= 4 is 17.6 Å². The Labute approximate surface area is 155 Å². The van der Waals surface area contributed by atoms with Gasteiger partial charge in [-0.1, -0.05) is 30.3 Å². The highest BCUT2D eigenvalue weighted by Gasteiger charge is 2.41. The van der Waals surface area contributed by atoms with E-state index in [1.165, 1.54) is 24.1 Å². The first-order valence-electron chi connectivity index (χ1n) is 8.31. The fraction of sp³-hybridized carbons (Fsp3) is 0.263. The van der Waals surface area contributed by atoms with Crippen LogP contribution in [-0.4, -0.2) is 47.0 Å². The van der Waals surface area contributed by atoms with Crippen LogP contribution in [-0.2, 0) is 4.79 Å². The van der Waals surface area contributed by atoms with Gasteiger partial charge in [0.05, 0.1) is 23.5 Å². The van der Waals surface area contributed by atoms with Crippen LogP contribution in [0.3, 0.4) is 0 Å². The molecule has 1 heterocycles. The number of hydrogen-bond donors (Lipinski definition) is 1. The molecular formula is C19H18N2O6. The van der Waals surface area contributed by atoms with Gasteiger partial charge < -0.3 is 14.7 Å². The zero-order chi connectivity index (χ0) is 19.6. The van der Waals surface area contributed by atoms with Crippen molar-refractivity contribution in [2.24, 2.45) is 5.92 Å². The third-order valence-electron chi connectivity index (χ3n) is 4.78. The van der Waals surface area contributed by atoms with E-state index in [1.807, 2.05) is 30.3 Å². The number of nitro benzene ring substituents is 1. The molecule has 3 rings (SSSR count). The van der Waals surface area contributed by atoms with Crippen molar-refractivity contribution < 1.29 is 24.4 Å². The number of carbonyl (C=O) groups excluding carboxylic acids is 1. The number of carboxylic acids is 1. The van der Waals surface area contributed by atoms with Crippen LogP contribution >= 0.6 is 0 Å². The van der Waals surface area contributed by atoms with Crippen LogP contribution < -0.4 is 4.74 Å². The van der Waals surface area contributed by atoms with E-state index in [4.69, 9.17) is 4.74 Å². The van der Waals surface area contributed by atoms with Crippen molar-refractivity contribution in [3.8, 4) is 5.75 Å². The molecule has 1 N–H and O–H groups in total. The van der Waals surface area contributed by atoms with Crippen molar-refractivity contribution in [3.63, 3.8) is 0 Å². The molecule has 0 aliphatic carbocycles. The van der Waals surface area contributed by atoms with E-state index in [9.17, 15) is 24.8 Å². The molecule has 0 aromatic heterocycles. The molecule has 0 spiro atoms. The van der Waals surface area contributed by atoms with E-state index in [1.54, 1.807) is 0 Å². The molecule has 0 bridgehead atoms. The number of methoxy groups -OCH3 is 1. The lowest BCUT2D eigenvalue weighted by atomic mass is 9.89. The summed E-state index contributed by atoms with van der Waals surface area (Å²) in [5.74, 6) is -2.36. The molecule has 27 heavy (non-hydrogen) atoms. The number of carboxylic acid groups (broad SMARTS) is 1. The largest absolute Gasteiger partial charge is 0.496 e. The topological polar surface area (TPSA) is 110 Å². The first-order valence-corrected chi connectivity index (χ1v) is 8.31. The quantitative estimate of drug-likeness (QED) is 0.640. The van der Waals surface area contributed by atoms with Gasteiger partial charge in [0, 0.05) is 31.1 Å². The normalized spacial score (nSPS) is 18.9. The number of benzene rings is 2. The molecule has 0 radical (unpaired) electrons. The zero-order valence-corrected chi connectivity index (χ0v) is 14.6. The third-order valence-corrected chi connectivity index (χ3v) is 4.78. The molecule has 2 aromatic carbocycles. The van der Waals surface area contributed by atoms with Crippen LogP contribution in [0.4, 0.5) is 5.69 Å². The standard InChI is InChI=1S/C19H18N2O6/c1-27-17-8-7-13(21(25)26)9-14(17)18(22)20-10-15(16(11-20)19(23)24)12-5-3-2-4-6-12/h2-9,15-16H,10-11H2,1H3,(H,23,24)/t15-,16-/m0/s1. The number of aliphatic carboxylic acids is 1. The molecule has 2 aromatic rings. The second kappa shape index (κ2) is 7.45. The zero-order valence-electron chi connectivity index (χ0n) is 14.6. The number of likely N-dealkylation sites (tertiary alicyclic amines) is 1. The van der Waals surface area contributed by atoms with Gasteiger partial charge in [-0.2, -0.15) is 0 Å². The Morgan fingerprint density at radius 2 is 1.89 bits per heavy atom. The maximum atomic E-state index is 13.0. The summed E-state index contributed by atoms with van der Waals surface area (Å²) >= 11 is 0. The van der Waals surface area contributed by atoms with Crippen molar-refractivity contribution in [2.75, 3.05) is 20.2 Å². The summed E-state index contributed by atoms with van der Waals surface area (Å²) in [6, 6.07) is 12.9. The van der Waals surface area contributed by atoms with Gasteiger partial charge in [-0.15, -0.1) is 0 Å². The van der Waals surface area contributed by atoms with Crippen molar-refractivity contribution in [3.05, 3.63) is 69.8 Å². The summed E-state index contributed by atoms with van der Waals surface area (Å²) in [7, 11) is 1.37. The Bertz CT molecular complexity index is 883. The van der Waals surface area contributed by atoms with Gasteiger partial charge in [-0.05, 0) is 11.6 Å². The first-order chi connectivity index (χ1) is 12.9. The number of ether oxygens (including phenoxy) is 1.